The lowest BCUT2D eigenvalue weighted by atomic mass is 10.1. The lowest BCUT2D eigenvalue weighted by molar-refractivity contribution is 0.0410. The van der Waals surface area contributed by atoms with Crippen molar-refractivity contribution in [3.63, 3.8) is 0 Å². The van der Waals surface area contributed by atoms with E-state index in [2.05, 4.69) is 14.9 Å². The molecule has 0 bridgehead atoms. The van der Waals surface area contributed by atoms with Gasteiger partial charge in [-0.05, 0) is 12.8 Å². The van der Waals surface area contributed by atoms with Crippen molar-refractivity contribution in [2.75, 3.05) is 38.6 Å². The van der Waals surface area contributed by atoms with E-state index in [-0.39, 0.29) is 5.56 Å². The molecule has 0 aliphatic carbocycles. The fourth-order valence-electron chi connectivity index (χ4n) is 2.34. The Labute approximate surface area is 124 Å². The van der Waals surface area contributed by atoms with Crippen molar-refractivity contribution in [3.05, 3.63) is 21.6 Å². The van der Waals surface area contributed by atoms with Gasteiger partial charge in [-0.25, -0.2) is 4.98 Å². The van der Waals surface area contributed by atoms with Gasteiger partial charge in [-0.1, -0.05) is 25.6 Å². The molecule has 5 nitrogen and oxygen atoms in total. The Balaban J connectivity index is 1.92. The van der Waals surface area contributed by atoms with Crippen molar-refractivity contribution in [2.24, 2.45) is 0 Å². The van der Waals surface area contributed by atoms with Crippen LogP contribution < -0.4 is 5.56 Å². The van der Waals surface area contributed by atoms with Crippen LogP contribution >= 0.6 is 11.8 Å². The summed E-state index contributed by atoms with van der Waals surface area (Å²) in [5.74, 6) is 0.942. The van der Waals surface area contributed by atoms with Gasteiger partial charge in [0.1, 0.15) is 0 Å². The predicted octanol–water partition coefficient (Wildman–Crippen LogP) is 1.32. The molecule has 0 unspecified atom stereocenters. The van der Waals surface area contributed by atoms with Gasteiger partial charge in [-0.3, -0.25) is 9.69 Å². The number of rotatable bonds is 6. The highest BCUT2D eigenvalue weighted by atomic mass is 32.2. The Morgan fingerprint density at radius 1 is 1.30 bits per heavy atom. The molecule has 112 valence electrons. The van der Waals surface area contributed by atoms with Crippen molar-refractivity contribution < 1.29 is 4.74 Å². The summed E-state index contributed by atoms with van der Waals surface area (Å²) in [6, 6.07) is 0. The molecule has 1 fully saturated rings. The average Bonchev–Trinajstić information content (AvgIpc) is 2.47. The lowest BCUT2D eigenvalue weighted by Gasteiger charge is -2.26. The number of aryl methyl sites for hydroxylation is 1. The van der Waals surface area contributed by atoms with E-state index < -0.39 is 0 Å². The van der Waals surface area contributed by atoms with Crippen molar-refractivity contribution in [2.45, 2.75) is 31.8 Å². The van der Waals surface area contributed by atoms with E-state index in [9.17, 15) is 4.79 Å². The van der Waals surface area contributed by atoms with Gasteiger partial charge in [-0.2, -0.15) is 0 Å². The van der Waals surface area contributed by atoms with Crippen LogP contribution in [0.15, 0.2) is 9.95 Å². The van der Waals surface area contributed by atoms with Gasteiger partial charge >= 0.3 is 0 Å². The summed E-state index contributed by atoms with van der Waals surface area (Å²) in [5, 5.41) is 0.748. The maximum absolute atomic E-state index is 12.0. The molecule has 0 atom stereocenters. The summed E-state index contributed by atoms with van der Waals surface area (Å²) in [7, 11) is 0. The maximum Gasteiger partial charge on any atom is 0.254 e. The van der Waals surface area contributed by atoms with E-state index in [1.165, 1.54) is 0 Å². The SMILES string of the molecule is CCc1nc(SCCN2CCOCC2)[nH]c(=O)c1CC. The fourth-order valence-corrected chi connectivity index (χ4v) is 3.23. The standard InChI is InChI=1S/C14H23N3O2S/c1-3-11-12(4-2)15-14(16-13(11)18)20-10-7-17-5-8-19-9-6-17/h3-10H2,1-2H3,(H,15,16,18). The summed E-state index contributed by atoms with van der Waals surface area (Å²) in [5.41, 5.74) is 1.78. The zero-order valence-corrected chi connectivity index (χ0v) is 13.1. The average molecular weight is 297 g/mol. The molecule has 1 N–H and O–H groups in total. The third-order valence-corrected chi connectivity index (χ3v) is 4.37. The summed E-state index contributed by atoms with van der Waals surface area (Å²) >= 11 is 1.63. The van der Waals surface area contributed by atoms with Crippen molar-refractivity contribution in [3.8, 4) is 0 Å². The van der Waals surface area contributed by atoms with Crippen LogP contribution in [0.5, 0.6) is 0 Å². The van der Waals surface area contributed by atoms with Crippen LogP contribution in [0.3, 0.4) is 0 Å². The van der Waals surface area contributed by atoms with Gasteiger partial charge < -0.3 is 9.72 Å². The molecule has 0 amide bonds. The fraction of sp³-hybridized carbons (Fsp3) is 0.714. The molecule has 6 heteroatoms. The van der Waals surface area contributed by atoms with Crippen LogP contribution in [0.25, 0.3) is 0 Å². The van der Waals surface area contributed by atoms with Crippen molar-refractivity contribution >= 4 is 11.8 Å². The Morgan fingerprint density at radius 2 is 2.05 bits per heavy atom. The molecule has 20 heavy (non-hydrogen) atoms. The van der Waals surface area contributed by atoms with E-state index in [0.29, 0.717) is 0 Å². The normalized spacial score (nSPS) is 16.5. The first-order chi connectivity index (χ1) is 9.74. The third kappa shape index (κ3) is 4.07. The maximum atomic E-state index is 12.0. The largest absolute Gasteiger partial charge is 0.379 e. The summed E-state index contributed by atoms with van der Waals surface area (Å²) in [6.45, 7) is 8.70. The number of nitrogens with zero attached hydrogens (tertiary/aromatic N) is 2. The second kappa shape index (κ2) is 7.81. The van der Waals surface area contributed by atoms with E-state index in [1.807, 2.05) is 13.8 Å². The molecule has 1 aromatic heterocycles. The van der Waals surface area contributed by atoms with Crippen LogP contribution in [0.1, 0.15) is 25.1 Å². The minimum Gasteiger partial charge on any atom is -0.379 e. The van der Waals surface area contributed by atoms with Crippen LogP contribution in [-0.4, -0.2) is 53.5 Å². The monoisotopic (exact) mass is 297 g/mol. The highest BCUT2D eigenvalue weighted by Crippen LogP contribution is 2.14. The molecule has 0 aromatic carbocycles. The first kappa shape index (κ1) is 15.5. The van der Waals surface area contributed by atoms with Crippen molar-refractivity contribution in [1.82, 2.24) is 14.9 Å². The molecule has 0 spiro atoms. The number of H-pyrrole nitrogens is 1. The minimum absolute atomic E-state index is 0.0215. The zero-order chi connectivity index (χ0) is 14.4. The quantitative estimate of drug-likeness (QED) is 0.634. The molecular weight excluding hydrogens is 274 g/mol. The van der Waals surface area contributed by atoms with E-state index in [0.717, 1.165) is 67.9 Å². The second-order valence-electron chi connectivity index (χ2n) is 4.81. The van der Waals surface area contributed by atoms with Gasteiger partial charge in [0, 0.05) is 31.0 Å². The van der Waals surface area contributed by atoms with Crippen LogP contribution in [0, 0.1) is 0 Å². The van der Waals surface area contributed by atoms with Gasteiger partial charge in [-0.15, -0.1) is 0 Å². The molecular formula is C14H23N3O2S. The molecule has 1 aliphatic heterocycles. The van der Waals surface area contributed by atoms with Crippen LogP contribution in [-0.2, 0) is 17.6 Å². The number of thioether (sulfide) groups is 1. The smallest absolute Gasteiger partial charge is 0.254 e. The highest BCUT2D eigenvalue weighted by molar-refractivity contribution is 7.99. The molecule has 2 rings (SSSR count). The Kier molecular flexibility index (Phi) is 6.06. The zero-order valence-electron chi connectivity index (χ0n) is 12.3. The van der Waals surface area contributed by atoms with Gasteiger partial charge in [0.05, 0.1) is 18.9 Å². The van der Waals surface area contributed by atoms with Crippen LogP contribution in [0.2, 0.25) is 0 Å². The number of hydrogen-bond donors (Lipinski definition) is 1. The number of hydrogen-bond acceptors (Lipinski definition) is 5. The van der Waals surface area contributed by atoms with Gasteiger partial charge in [0.25, 0.3) is 5.56 Å². The second-order valence-corrected chi connectivity index (χ2v) is 5.89. The number of aromatic nitrogens is 2. The highest BCUT2D eigenvalue weighted by Gasteiger charge is 2.11. The number of aromatic amines is 1. The molecule has 1 saturated heterocycles. The molecule has 0 saturated carbocycles. The Bertz CT molecular complexity index is 484. The Hall–Kier alpha value is -0.850. The molecule has 1 aromatic rings. The van der Waals surface area contributed by atoms with E-state index >= 15 is 0 Å². The predicted molar refractivity (Wildman–Crippen MR) is 81.6 cm³/mol. The molecule has 1 aliphatic rings. The van der Waals surface area contributed by atoms with Crippen LogP contribution in [0.4, 0.5) is 0 Å². The number of ether oxygens (including phenoxy) is 1. The first-order valence-electron chi connectivity index (χ1n) is 7.29. The van der Waals surface area contributed by atoms with E-state index in [4.69, 9.17) is 4.74 Å². The summed E-state index contributed by atoms with van der Waals surface area (Å²) in [6.07, 6.45) is 1.55. The number of morpholine rings is 1. The number of nitrogens with one attached hydrogen (secondary N) is 1. The van der Waals surface area contributed by atoms with Crippen molar-refractivity contribution in [1.29, 1.82) is 0 Å². The van der Waals surface area contributed by atoms with Gasteiger partial charge in [0.15, 0.2) is 5.16 Å². The Morgan fingerprint density at radius 3 is 2.70 bits per heavy atom. The van der Waals surface area contributed by atoms with E-state index in [1.54, 1.807) is 11.8 Å². The molecule has 2 heterocycles. The third-order valence-electron chi connectivity index (χ3n) is 3.52. The minimum atomic E-state index is 0.0215. The molecule has 0 radical (unpaired) electrons. The topological polar surface area (TPSA) is 58.2 Å². The van der Waals surface area contributed by atoms with Gasteiger partial charge in [0.2, 0.25) is 0 Å². The first-order valence-corrected chi connectivity index (χ1v) is 8.28. The summed E-state index contributed by atoms with van der Waals surface area (Å²) < 4.78 is 5.33. The summed E-state index contributed by atoms with van der Waals surface area (Å²) in [4.78, 5) is 21.8. The lowest BCUT2D eigenvalue weighted by Crippen LogP contribution is -2.37.